The van der Waals surface area contributed by atoms with E-state index in [1.54, 1.807) is 0 Å². The van der Waals surface area contributed by atoms with Crippen molar-refractivity contribution in [3.05, 3.63) is 34.7 Å². The van der Waals surface area contributed by atoms with E-state index in [0.717, 1.165) is 49.7 Å². The molecule has 0 aromatic carbocycles. The fourth-order valence-corrected chi connectivity index (χ4v) is 18.5. The summed E-state index contributed by atoms with van der Waals surface area (Å²) in [4.78, 5) is 17.5. The minimum absolute atomic E-state index is 0.00336. The molecule has 12 bridgehead atoms. The van der Waals surface area contributed by atoms with E-state index in [1.165, 1.54) is 0 Å². The molecule has 0 aromatic heterocycles. The van der Waals surface area contributed by atoms with E-state index in [-0.39, 0.29) is 140 Å². The first-order valence-electron chi connectivity index (χ1n) is 31.0. The summed E-state index contributed by atoms with van der Waals surface area (Å²) in [5, 5.41) is 14.7. The van der Waals surface area contributed by atoms with Crippen molar-refractivity contribution in [3.8, 4) is 0 Å². The lowest BCUT2D eigenvalue weighted by molar-refractivity contribution is -0.370. The summed E-state index contributed by atoms with van der Waals surface area (Å²) in [7, 11) is 0. The van der Waals surface area contributed by atoms with Gasteiger partial charge in [0.15, 0.2) is 17.4 Å². The molecule has 0 aliphatic carbocycles. The Morgan fingerprint density at radius 2 is 1.31 bits per heavy atom. The lowest BCUT2D eigenvalue weighted by Crippen LogP contribution is -2.71. The maximum absolute atomic E-state index is 14.7. The average Bonchev–Trinajstić information content (AvgIpc) is 4.09. The fraction of sp³-hybridized carbons (Fsp3) is 0.917. The Kier molecular flexibility index (Phi) is 13.7. The number of carbonyl (C=O) groups is 1. The van der Waals surface area contributed by atoms with Crippen LogP contribution >= 0.6 is 0 Å². The molecule has 1 N–H and O–H groups in total. The number of ether oxygens (including phenoxy) is 15. The topological polar surface area (TPSA) is 225 Å². The van der Waals surface area contributed by atoms with Crippen molar-refractivity contribution in [2.24, 2.45) is 28.8 Å². The number of hydrogen-bond acceptors (Lipinski definition) is 18. The lowest BCUT2D eigenvalue weighted by atomic mass is 9.75. The first-order chi connectivity index (χ1) is 38.4. The standard InChI is InChI=1S/C60H85N3O17/c1-27-14-33-8-10-38-28(2)15-35(66-38)12-13-58-23-36-16-48(78-58)57(7)56(69-36)55(80-58)54-39(74-57)11-9-34(68-54)17-49(65)73-53-32(6)52-43(70-42(53)19-40(67-33)31(27)5)20-41-45(71-52)24-60(75-41)25-46-51(79-60)30(4)22-59(77-46)21-29(3)50-44(76-59)18-37(64)47(72-50)26-62-63-61/h27,29-30,32-48,50-56,64H,2,5,8-26H2,1,3-4,6-7H3/t27-,29+,30+,32+,33+,34-,35+,36-,37-,38+,39+,40-,41-,42+,43+,44+,45-,46+,47-,48?,50+,51+,52+,53-,54+,55+,56?,57+,58+,59-,60+/m1/s1. The number of carbonyl (C=O) groups excluding carboxylic acids is 1. The van der Waals surface area contributed by atoms with Crippen molar-refractivity contribution in [1.82, 2.24) is 0 Å². The summed E-state index contributed by atoms with van der Waals surface area (Å²) in [5.41, 5.74) is 10.4. The lowest BCUT2D eigenvalue weighted by Gasteiger charge is -2.57. The van der Waals surface area contributed by atoms with Gasteiger partial charge in [-0.05, 0) is 86.3 Å². The van der Waals surface area contributed by atoms with E-state index in [0.29, 0.717) is 70.6 Å². The predicted octanol–water partition coefficient (Wildman–Crippen LogP) is 7.27. The Morgan fingerprint density at radius 1 is 0.575 bits per heavy atom. The Morgan fingerprint density at radius 3 is 2.16 bits per heavy atom. The second-order valence-corrected chi connectivity index (χ2v) is 27.9. The van der Waals surface area contributed by atoms with E-state index in [2.05, 4.69) is 57.8 Å². The zero-order valence-electron chi connectivity index (χ0n) is 47.3. The van der Waals surface area contributed by atoms with Crippen LogP contribution in [0.15, 0.2) is 29.4 Å². The maximum atomic E-state index is 14.7. The molecule has 2 unspecified atom stereocenters. The second kappa shape index (κ2) is 20.1. The van der Waals surface area contributed by atoms with Gasteiger partial charge in [-0.1, -0.05) is 46.0 Å². The van der Waals surface area contributed by atoms with Crippen LogP contribution in [0.5, 0.6) is 0 Å². The SMILES string of the molecule is C=C1C[C@@H]2CC[C@]34C[C@H]5CC(O3)[C@]3(C)O[C@H]6CC[C@H](CC(=O)O[C@@H]7[C@@H](C)[C@@H]8O[C@@H]9C[C@]%10(C[C@@H]%11O[C@]%12(C[C@H](C)[C@@H]%13O[C@H](CN=[N+]=[N-])[C@H](O)C[C@@H]%13O%12)C[C@H](C)[C@@H]%11O%10)O[C@@H]9C[C@@H]8O[C@H]7C[C@H]7O[C@@H](CC[C@@H]1O2)C[C@@H](C)C7=C)O[C@@H]6[C@H](O4)C3O5. The van der Waals surface area contributed by atoms with Gasteiger partial charge in [-0.25, -0.2) is 0 Å². The summed E-state index contributed by atoms with van der Waals surface area (Å²) in [5.74, 6) is -2.87. The molecule has 16 heterocycles. The summed E-state index contributed by atoms with van der Waals surface area (Å²) in [6.45, 7) is 20.0. The highest BCUT2D eigenvalue weighted by Gasteiger charge is 2.70. The van der Waals surface area contributed by atoms with Gasteiger partial charge in [0.2, 0.25) is 0 Å². The van der Waals surface area contributed by atoms with Crippen molar-refractivity contribution in [1.29, 1.82) is 0 Å². The smallest absolute Gasteiger partial charge is 0.308 e. The van der Waals surface area contributed by atoms with Crippen LogP contribution in [-0.4, -0.2) is 181 Å². The van der Waals surface area contributed by atoms with Crippen LogP contribution in [0.4, 0.5) is 0 Å². The number of aliphatic hydroxyl groups excluding tert-OH is 1. The van der Waals surface area contributed by atoms with Gasteiger partial charge in [0.25, 0.3) is 0 Å². The molecular formula is C60H85N3O17. The third kappa shape index (κ3) is 9.24. The van der Waals surface area contributed by atoms with Gasteiger partial charge >= 0.3 is 5.97 Å². The van der Waals surface area contributed by atoms with Crippen LogP contribution in [0.2, 0.25) is 0 Å². The van der Waals surface area contributed by atoms with Gasteiger partial charge in [0, 0.05) is 75.0 Å². The van der Waals surface area contributed by atoms with Crippen LogP contribution in [0, 0.1) is 23.7 Å². The van der Waals surface area contributed by atoms with E-state index in [9.17, 15) is 9.90 Å². The number of esters is 1. The van der Waals surface area contributed by atoms with Crippen LogP contribution in [-0.2, 0) is 75.8 Å². The van der Waals surface area contributed by atoms with Crippen molar-refractivity contribution >= 4 is 5.97 Å². The van der Waals surface area contributed by atoms with Gasteiger partial charge in [0.1, 0.15) is 30.0 Å². The largest absolute Gasteiger partial charge is 0.459 e. The third-order valence-electron chi connectivity index (χ3n) is 22.3. The van der Waals surface area contributed by atoms with Crippen molar-refractivity contribution in [3.63, 3.8) is 0 Å². The molecule has 80 heavy (non-hydrogen) atoms. The molecule has 0 aromatic rings. The molecule has 16 rings (SSSR count). The number of aliphatic hydroxyl groups is 1. The molecule has 16 aliphatic heterocycles. The Labute approximate surface area is 469 Å². The molecule has 442 valence electrons. The van der Waals surface area contributed by atoms with Gasteiger partial charge in [0.05, 0.1) is 129 Å². The number of nitrogens with zero attached hydrogens (tertiary/aromatic N) is 3. The molecule has 0 amide bonds. The molecule has 3 spiro atoms. The van der Waals surface area contributed by atoms with E-state index < -0.39 is 65.7 Å². The van der Waals surface area contributed by atoms with Gasteiger partial charge in [-0.15, -0.1) is 0 Å². The molecule has 31 atom stereocenters. The molecule has 16 saturated heterocycles. The summed E-state index contributed by atoms with van der Waals surface area (Å²) in [6.07, 6.45) is 3.74. The highest BCUT2D eigenvalue weighted by atomic mass is 16.8. The summed E-state index contributed by atoms with van der Waals surface area (Å²) in [6, 6.07) is 0. The third-order valence-corrected chi connectivity index (χ3v) is 22.3. The molecular weight excluding hydrogens is 1030 g/mol. The zero-order valence-corrected chi connectivity index (χ0v) is 47.3. The number of fused-ring (bicyclic) bond motifs is 10. The molecule has 0 radical (unpaired) electrons. The summed E-state index contributed by atoms with van der Waals surface area (Å²) < 4.78 is 104. The number of azide groups is 1. The Bertz CT molecular complexity index is 2490. The summed E-state index contributed by atoms with van der Waals surface area (Å²) >= 11 is 0. The maximum Gasteiger partial charge on any atom is 0.308 e. The molecule has 20 heteroatoms. The number of hydrogen-bond donors (Lipinski definition) is 1. The van der Waals surface area contributed by atoms with Crippen LogP contribution in [0.25, 0.3) is 10.4 Å². The van der Waals surface area contributed by atoms with Crippen LogP contribution in [0.3, 0.4) is 0 Å². The molecule has 16 aliphatic rings. The van der Waals surface area contributed by atoms with Gasteiger partial charge < -0.3 is 76.2 Å². The molecule has 20 nitrogen and oxygen atoms in total. The van der Waals surface area contributed by atoms with E-state index in [4.69, 9.17) is 76.6 Å². The second-order valence-electron chi connectivity index (χ2n) is 27.9. The van der Waals surface area contributed by atoms with E-state index >= 15 is 0 Å². The van der Waals surface area contributed by atoms with Gasteiger partial charge in [-0.2, -0.15) is 0 Å². The van der Waals surface area contributed by atoms with E-state index in [1.807, 2.05) is 0 Å². The fourth-order valence-electron chi connectivity index (χ4n) is 18.5. The zero-order chi connectivity index (χ0) is 54.8. The minimum atomic E-state index is -0.928. The monoisotopic (exact) mass is 1120 g/mol. The van der Waals surface area contributed by atoms with Crippen LogP contribution < -0.4 is 0 Å². The highest BCUT2D eigenvalue weighted by molar-refractivity contribution is 5.70. The average molecular weight is 1120 g/mol. The molecule has 0 saturated carbocycles. The minimum Gasteiger partial charge on any atom is -0.459 e. The number of rotatable bonds is 2. The Hall–Kier alpha value is -2.34. The quantitative estimate of drug-likeness (QED) is 0.0943. The normalized spacial score (nSPS) is 57.8. The van der Waals surface area contributed by atoms with Crippen molar-refractivity contribution < 1.29 is 81.0 Å². The Balaban J connectivity index is 0.666. The highest BCUT2D eigenvalue weighted by Crippen LogP contribution is 2.58. The first kappa shape index (κ1) is 54.3. The first-order valence-corrected chi connectivity index (χ1v) is 31.0. The predicted molar refractivity (Wildman–Crippen MR) is 279 cm³/mol. The molecule has 16 fully saturated rings. The van der Waals surface area contributed by atoms with Crippen molar-refractivity contribution in [2.75, 3.05) is 6.54 Å². The van der Waals surface area contributed by atoms with Gasteiger partial charge in [-0.3, -0.25) is 4.79 Å². The van der Waals surface area contributed by atoms with Crippen molar-refractivity contribution in [2.45, 2.75) is 314 Å². The van der Waals surface area contributed by atoms with Crippen LogP contribution in [0.1, 0.15) is 150 Å².